The van der Waals surface area contributed by atoms with Crippen LogP contribution in [0.1, 0.15) is 40.5 Å². The third-order valence-electron chi connectivity index (χ3n) is 4.64. The van der Waals surface area contributed by atoms with Crippen molar-refractivity contribution >= 4 is 35.6 Å². The van der Waals surface area contributed by atoms with Crippen molar-refractivity contribution < 1.29 is 23.9 Å². The van der Waals surface area contributed by atoms with Crippen LogP contribution in [0.15, 0.2) is 0 Å². The van der Waals surface area contributed by atoms with Crippen molar-refractivity contribution in [3.63, 3.8) is 0 Å². The summed E-state index contributed by atoms with van der Waals surface area (Å²) in [6, 6.07) is -0.503. The molecule has 2 fully saturated rings. The van der Waals surface area contributed by atoms with E-state index in [0.717, 1.165) is 0 Å². The molecule has 2 aliphatic rings. The number of thioether (sulfide) groups is 1. The number of nitrogens with one attached hydrogen (secondary N) is 5. The summed E-state index contributed by atoms with van der Waals surface area (Å²) >= 11 is 1.47. The monoisotopic (exact) mass is 429 g/mol. The molecule has 2 heterocycles. The van der Waals surface area contributed by atoms with Gasteiger partial charge in [-0.25, -0.2) is 4.79 Å². The molecule has 0 saturated carbocycles. The SMILES string of the molecule is CCOC(=O)NC(=O)C1CCSC1NC(=O)C1CCNC(NC(=O)C(C)(C)C)N1. The van der Waals surface area contributed by atoms with Gasteiger partial charge in [0.05, 0.1) is 23.9 Å². The van der Waals surface area contributed by atoms with Crippen LogP contribution in [0.5, 0.6) is 0 Å². The normalized spacial score (nSPS) is 27.0. The van der Waals surface area contributed by atoms with Crippen LogP contribution in [0.2, 0.25) is 0 Å². The van der Waals surface area contributed by atoms with Gasteiger partial charge in [-0.1, -0.05) is 20.8 Å². The van der Waals surface area contributed by atoms with E-state index in [-0.39, 0.29) is 18.4 Å². The summed E-state index contributed by atoms with van der Waals surface area (Å²) < 4.78 is 4.73. The Bertz CT molecular complexity index is 639. The van der Waals surface area contributed by atoms with Crippen LogP contribution in [0.25, 0.3) is 0 Å². The molecule has 4 amide bonds. The molecule has 0 spiro atoms. The smallest absolute Gasteiger partial charge is 0.413 e. The summed E-state index contributed by atoms with van der Waals surface area (Å²) in [6.07, 6.45) is -0.183. The van der Waals surface area contributed by atoms with E-state index in [9.17, 15) is 19.2 Å². The topological polar surface area (TPSA) is 138 Å². The Morgan fingerprint density at radius 2 is 1.83 bits per heavy atom. The van der Waals surface area contributed by atoms with Gasteiger partial charge in [0.1, 0.15) is 6.29 Å². The molecule has 0 radical (unpaired) electrons. The molecule has 11 heteroatoms. The minimum absolute atomic E-state index is 0.134. The molecule has 0 aromatic heterocycles. The maximum absolute atomic E-state index is 12.7. The third kappa shape index (κ3) is 6.86. The number of carbonyl (C=O) groups excluding carboxylic acids is 4. The van der Waals surface area contributed by atoms with Gasteiger partial charge >= 0.3 is 6.09 Å². The number of imide groups is 1. The van der Waals surface area contributed by atoms with Crippen molar-refractivity contribution in [1.82, 2.24) is 26.6 Å². The lowest BCUT2D eigenvalue weighted by atomic mass is 9.96. The van der Waals surface area contributed by atoms with Crippen molar-refractivity contribution in [2.45, 2.75) is 58.2 Å². The third-order valence-corrected chi connectivity index (χ3v) is 5.91. The summed E-state index contributed by atoms with van der Waals surface area (Å²) in [7, 11) is 0. The molecule has 2 rings (SSSR count). The molecule has 4 atom stereocenters. The molecule has 4 unspecified atom stereocenters. The minimum atomic E-state index is -0.781. The summed E-state index contributed by atoms with van der Waals surface area (Å²) in [5, 5.41) is 13.7. The summed E-state index contributed by atoms with van der Waals surface area (Å²) in [4.78, 5) is 48.7. The van der Waals surface area contributed by atoms with Crippen molar-refractivity contribution in [2.75, 3.05) is 18.9 Å². The molecule has 164 valence electrons. The Morgan fingerprint density at radius 1 is 1.10 bits per heavy atom. The number of hydrogen-bond donors (Lipinski definition) is 5. The molecule has 5 N–H and O–H groups in total. The van der Waals surface area contributed by atoms with Crippen LogP contribution < -0.4 is 26.6 Å². The first-order valence-electron chi connectivity index (χ1n) is 9.81. The highest BCUT2D eigenvalue weighted by molar-refractivity contribution is 8.00. The quantitative estimate of drug-likeness (QED) is 0.407. The molecule has 29 heavy (non-hydrogen) atoms. The molecular formula is C18H31N5O5S. The molecule has 10 nitrogen and oxygen atoms in total. The van der Waals surface area contributed by atoms with Gasteiger partial charge < -0.3 is 15.4 Å². The molecular weight excluding hydrogens is 398 g/mol. The Morgan fingerprint density at radius 3 is 2.48 bits per heavy atom. The number of amides is 4. The van der Waals surface area contributed by atoms with Crippen LogP contribution in [-0.4, -0.2) is 60.4 Å². The highest BCUT2D eigenvalue weighted by Crippen LogP contribution is 2.30. The van der Waals surface area contributed by atoms with Crippen LogP contribution >= 0.6 is 11.8 Å². The van der Waals surface area contributed by atoms with E-state index in [1.165, 1.54) is 11.8 Å². The second-order valence-corrected chi connectivity index (χ2v) is 9.27. The highest BCUT2D eigenvalue weighted by atomic mass is 32.2. The Hall–Kier alpha value is -1.85. The van der Waals surface area contributed by atoms with Crippen molar-refractivity contribution in [3.05, 3.63) is 0 Å². The fraction of sp³-hybridized carbons (Fsp3) is 0.778. The van der Waals surface area contributed by atoms with Gasteiger partial charge in [-0.15, -0.1) is 11.8 Å². The van der Waals surface area contributed by atoms with E-state index in [0.29, 0.717) is 25.1 Å². The molecule has 0 aliphatic carbocycles. The zero-order valence-corrected chi connectivity index (χ0v) is 18.1. The predicted octanol–water partition coefficient (Wildman–Crippen LogP) is -0.148. The molecule has 0 aromatic rings. The lowest BCUT2D eigenvalue weighted by molar-refractivity contribution is -0.131. The Kier molecular flexibility index (Phi) is 8.29. The maximum atomic E-state index is 12.7. The molecule has 0 bridgehead atoms. The van der Waals surface area contributed by atoms with E-state index < -0.39 is 41.0 Å². The average Bonchev–Trinajstić information content (AvgIpc) is 3.09. The van der Waals surface area contributed by atoms with Crippen LogP contribution in [-0.2, 0) is 19.1 Å². The first kappa shape index (κ1) is 23.4. The predicted molar refractivity (Wildman–Crippen MR) is 109 cm³/mol. The van der Waals surface area contributed by atoms with Gasteiger partial charge in [0, 0.05) is 12.0 Å². The van der Waals surface area contributed by atoms with E-state index in [4.69, 9.17) is 4.74 Å². The molecule has 2 aliphatic heterocycles. The van der Waals surface area contributed by atoms with Gasteiger partial charge in [0.2, 0.25) is 17.7 Å². The second kappa shape index (κ2) is 10.3. The van der Waals surface area contributed by atoms with E-state index in [1.54, 1.807) is 6.92 Å². The fourth-order valence-corrected chi connectivity index (χ4v) is 4.30. The number of hydrogen-bond acceptors (Lipinski definition) is 8. The van der Waals surface area contributed by atoms with Crippen LogP contribution in [0.4, 0.5) is 4.79 Å². The molecule has 0 aromatic carbocycles. The van der Waals surface area contributed by atoms with Crippen LogP contribution in [0, 0.1) is 11.3 Å². The van der Waals surface area contributed by atoms with Crippen molar-refractivity contribution in [1.29, 1.82) is 0 Å². The van der Waals surface area contributed by atoms with E-state index in [2.05, 4.69) is 26.6 Å². The lowest BCUT2D eigenvalue weighted by Gasteiger charge is -2.34. The van der Waals surface area contributed by atoms with E-state index in [1.807, 2.05) is 20.8 Å². The highest BCUT2D eigenvalue weighted by Gasteiger charge is 2.38. The van der Waals surface area contributed by atoms with E-state index >= 15 is 0 Å². The average molecular weight is 430 g/mol. The first-order chi connectivity index (χ1) is 13.6. The van der Waals surface area contributed by atoms with Crippen molar-refractivity contribution in [2.24, 2.45) is 11.3 Å². The number of alkyl carbamates (subject to hydrolysis) is 1. The largest absolute Gasteiger partial charge is 0.450 e. The molecule has 2 saturated heterocycles. The van der Waals surface area contributed by atoms with Gasteiger partial charge in [-0.05, 0) is 25.5 Å². The summed E-state index contributed by atoms with van der Waals surface area (Å²) in [6.45, 7) is 7.83. The van der Waals surface area contributed by atoms with Gasteiger partial charge in [0.25, 0.3) is 0 Å². The number of carbonyl (C=O) groups is 4. The zero-order chi connectivity index (χ0) is 21.6. The lowest BCUT2D eigenvalue weighted by Crippen LogP contribution is -2.66. The first-order valence-corrected chi connectivity index (χ1v) is 10.9. The minimum Gasteiger partial charge on any atom is -0.450 e. The Balaban J connectivity index is 1.88. The summed E-state index contributed by atoms with van der Waals surface area (Å²) in [5.41, 5.74) is -0.543. The standard InChI is InChI=1S/C18H31N5O5S/c1-5-28-17(27)22-12(24)10-7-9-29-14(10)21-13(25)11-6-8-19-16(20-11)23-15(26)18(2,3)4/h10-11,14,16,19-20H,5-9H2,1-4H3,(H,21,25)(H,23,26)(H,22,24,27). The van der Waals surface area contributed by atoms with Crippen molar-refractivity contribution in [3.8, 4) is 0 Å². The summed E-state index contributed by atoms with van der Waals surface area (Å²) in [5.74, 6) is -0.630. The second-order valence-electron chi connectivity index (χ2n) is 8.02. The number of ether oxygens (including phenoxy) is 1. The fourth-order valence-electron chi connectivity index (χ4n) is 2.96. The Labute approximate surface area is 175 Å². The number of rotatable bonds is 5. The van der Waals surface area contributed by atoms with Gasteiger partial charge in [-0.3, -0.25) is 30.3 Å². The maximum Gasteiger partial charge on any atom is 0.413 e. The van der Waals surface area contributed by atoms with Crippen LogP contribution in [0.3, 0.4) is 0 Å². The zero-order valence-electron chi connectivity index (χ0n) is 17.3. The van der Waals surface area contributed by atoms with Gasteiger partial charge in [-0.2, -0.15) is 0 Å². The van der Waals surface area contributed by atoms with Gasteiger partial charge in [0.15, 0.2) is 0 Å².